The lowest BCUT2D eigenvalue weighted by Crippen LogP contribution is -1.97. The zero-order valence-electron chi connectivity index (χ0n) is 6.41. The maximum Gasteiger partial charge on any atom is 0.337 e. The summed E-state index contributed by atoms with van der Waals surface area (Å²) in [6.45, 7) is 0. The molecule has 0 aliphatic carbocycles. The number of fused-ring (bicyclic) bond motifs is 1. The molecule has 0 spiro atoms. The molecule has 4 nitrogen and oxygen atoms in total. The van der Waals surface area contributed by atoms with E-state index in [0.29, 0.717) is 5.52 Å². The van der Waals surface area contributed by atoms with Crippen LogP contribution < -0.4 is 0 Å². The number of aromatic nitrogens is 2. The van der Waals surface area contributed by atoms with E-state index in [-0.39, 0.29) is 10.6 Å². The van der Waals surface area contributed by atoms with E-state index >= 15 is 0 Å². The molecule has 0 saturated heterocycles. The second-order valence-corrected chi connectivity index (χ2v) is 2.94. The van der Waals surface area contributed by atoms with Gasteiger partial charge in [0.15, 0.2) is 0 Å². The Morgan fingerprint density at radius 3 is 3.00 bits per heavy atom. The molecule has 0 unspecified atom stereocenters. The van der Waals surface area contributed by atoms with Crippen molar-refractivity contribution in [3.05, 3.63) is 28.9 Å². The molecule has 0 fully saturated rings. The maximum atomic E-state index is 10.7. The van der Waals surface area contributed by atoms with Crippen molar-refractivity contribution in [1.82, 2.24) is 10.2 Å². The second-order valence-electron chi connectivity index (χ2n) is 2.57. The van der Waals surface area contributed by atoms with Crippen LogP contribution in [-0.4, -0.2) is 21.3 Å². The summed E-state index contributed by atoms with van der Waals surface area (Å²) in [5, 5.41) is 16.1. The second kappa shape index (κ2) is 2.74. The highest BCUT2D eigenvalue weighted by Crippen LogP contribution is 2.24. The van der Waals surface area contributed by atoms with Gasteiger partial charge in [0.05, 0.1) is 22.3 Å². The number of aromatic amines is 1. The van der Waals surface area contributed by atoms with Crippen molar-refractivity contribution < 1.29 is 9.90 Å². The quantitative estimate of drug-likeness (QED) is 0.732. The van der Waals surface area contributed by atoms with Gasteiger partial charge in [-0.15, -0.1) is 0 Å². The van der Waals surface area contributed by atoms with Crippen LogP contribution in [0.1, 0.15) is 10.4 Å². The molecular formula is C8H5ClN2O2. The minimum atomic E-state index is -1.04. The number of aromatic carboxylic acids is 1. The van der Waals surface area contributed by atoms with Gasteiger partial charge in [-0.1, -0.05) is 17.7 Å². The monoisotopic (exact) mass is 196 g/mol. The Morgan fingerprint density at radius 2 is 2.31 bits per heavy atom. The molecule has 0 amide bonds. The predicted molar refractivity (Wildman–Crippen MR) is 48.1 cm³/mol. The van der Waals surface area contributed by atoms with E-state index in [9.17, 15) is 4.79 Å². The molecule has 1 aromatic heterocycles. The first-order valence-electron chi connectivity index (χ1n) is 3.55. The van der Waals surface area contributed by atoms with Crippen LogP contribution in [-0.2, 0) is 0 Å². The van der Waals surface area contributed by atoms with Gasteiger partial charge in [-0.05, 0) is 6.07 Å². The van der Waals surface area contributed by atoms with E-state index < -0.39 is 5.97 Å². The molecule has 0 saturated carbocycles. The lowest BCUT2D eigenvalue weighted by Gasteiger charge is -1.98. The molecule has 0 atom stereocenters. The number of benzene rings is 1. The molecule has 66 valence electrons. The van der Waals surface area contributed by atoms with Gasteiger partial charge >= 0.3 is 5.97 Å². The molecule has 1 heterocycles. The third kappa shape index (κ3) is 1.15. The minimum Gasteiger partial charge on any atom is -0.478 e. The van der Waals surface area contributed by atoms with Gasteiger partial charge in [0.25, 0.3) is 0 Å². The topological polar surface area (TPSA) is 66.0 Å². The largest absolute Gasteiger partial charge is 0.478 e. The van der Waals surface area contributed by atoms with E-state index in [1.165, 1.54) is 6.07 Å². The predicted octanol–water partition coefficient (Wildman–Crippen LogP) is 1.91. The Hall–Kier alpha value is -1.55. The Balaban J connectivity index is 2.80. The fraction of sp³-hybridized carbons (Fsp3) is 0. The van der Waals surface area contributed by atoms with E-state index in [1.807, 2.05) is 0 Å². The average Bonchev–Trinajstić information content (AvgIpc) is 2.52. The summed E-state index contributed by atoms with van der Waals surface area (Å²) in [5.41, 5.74) is 0.639. The molecule has 0 aliphatic rings. The fourth-order valence-corrected chi connectivity index (χ4v) is 1.44. The van der Waals surface area contributed by atoms with Crippen molar-refractivity contribution in [1.29, 1.82) is 0 Å². The number of carbonyl (C=O) groups is 1. The van der Waals surface area contributed by atoms with E-state index in [0.717, 1.165) is 5.39 Å². The van der Waals surface area contributed by atoms with Gasteiger partial charge in [0, 0.05) is 5.39 Å². The van der Waals surface area contributed by atoms with Crippen LogP contribution in [0, 0.1) is 0 Å². The van der Waals surface area contributed by atoms with Crippen molar-refractivity contribution in [3.8, 4) is 0 Å². The summed E-state index contributed by atoms with van der Waals surface area (Å²) in [6, 6.07) is 3.12. The first kappa shape index (κ1) is 8.07. The molecule has 13 heavy (non-hydrogen) atoms. The van der Waals surface area contributed by atoms with Crippen LogP contribution in [0.3, 0.4) is 0 Å². The fourth-order valence-electron chi connectivity index (χ4n) is 1.14. The Bertz CT molecular complexity index is 478. The zero-order chi connectivity index (χ0) is 9.42. The number of hydrogen-bond donors (Lipinski definition) is 2. The van der Waals surface area contributed by atoms with Crippen LogP contribution in [0.4, 0.5) is 0 Å². The van der Waals surface area contributed by atoms with Gasteiger partial charge in [0.2, 0.25) is 0 Å². The van der Waals surface area contributed by atoms with Crippen molar-refractivity contribution in [2.24, 2.45) is 0 Å². The number of nitrogens with zero attached hydrogens (tertiary/aromatic N) is 1. The highest BCUT2D eigenvalue weighted by Gasteiger charge is 2.11. The smallest absolute Gasteiger partial charge is 0.337 e. The van der Waals surface area contributed by atoms with Gasteiger partial charge < -0.3 is 5.11 Å². The standard InChI is InChI=1S/C8H5ClN2O2/c9-6-5(8(12)13)2-1-4-3-10-11-7(4)6/h1-3H,(H,10,11)(H,12,13). The maximum absolute atomic E-state index is 10.7. The average molecular weight is 197 g/mol. The van der Waals surface area contributed by atoms with Crippen LogP contribution in [0.2, 0.25) is 5.02 Å². The number of nitrogens with one attached hydrogen (secondary N) is 1. The normalized spacial score (nSPS) is 10.5. The molecule has 2 N–H and O–H groups in total. The van der Waals surface area contributed by atoms with Crippen LogP contribution in [0.25, 0.3) is 10.9 Å². The number of carboxylic acids is 1. The van der Waals surface area contributed by atoms with Gasteiger partial charge in [0.1, 0.15) is 0 Å². The van der Waals surface area contributed by atoms with Gasteiger partial charge in [-0.3, -0.25) is 5.10 Å². The number of rotatable bonds is 1. The van der Waals surface area contributed by atoms with Crippen LogP contribution in [0.15, 0.2) is 18.3 Å². The summed E-state index contributed by atoms with van der Waals surface area (Å²) in [4.78, 5) is 10.7. The molecule has 0 radical (unpaired) electrons. The summed E-state index contributed by atoms with van der Waals surface area (Å²) in [5.74, 6) is -1.04. The summed E-state index contributed by atoms with van der Waals surface area (Å²) in [7, 11) is 0. The van der Waals surface area contributed by atoms with Crippen molar-refractivity contribution >= 4 is 28.5 Å². The molecule has 0 bridgehead atoms. The van der Waals surface area contributed by atoms with Crippen molar-refractivity contribution in [2.45, 2.75) is 0 Å². The van der Waals surface area contributed by atoms with Gasteiger partial charge in [-0.2, -0.15) is 5.10 Å². The van der Waals surface area contributed by atoms with Crippen molar-refractivity contribution in [3.63, 3.8) is 0 Å². The Morgan fingerprint density at radius 1 is 1.54 bits per heavy atom. The lowest BCUT2D eigenvalue weighted by atomic mass is 10.2. The molecule has 5 heteroatoms. The third-order valence-electron chi connectivity index (χ3n) is 1.78. The number of hydrogen-bond acceptors (Lipinski definition) is 2. The first-order valence-corrected chi connectivity index (χ1v) is 3.93. The van der Waals surface area contributed by atoms with E-state index in [2.05, 4.69) is 10.2 Å². The first-order chi connectivity index (χ1) is 6.20. The molecular weight excluding hydrogens is 192 g/mol. The molecule has 2 rings (SSSR count). The summed E-state index contributed by atoms with van der Waals surface area (Å²) >= 11 is 5.83. The van der Waals surface area contributed by atoms with Crippen LogP contribution in [0.5, 0.6) is 0 Å². The Labute approximate surface area is 78.1 Å². The third-order valence-corrected chi connectivity index (χ3v) is 2.18. The SMILES string of the molecule is O=C(O)c1ccc2cn[nH]c2c1Cl. The molecule has 0 aliphatic heterocycles. The van der Waals surface area contributed by atoms with Crippen molar-refractivity contribution in [2.75, 3.05) is 0 Å². The lowest BCUT2D eigenvalue weighted by molar-refractivity contribution is 0.0697. The molecule has 1 aromatic carbocycles. The minimum absolute atomic E-state index is 0.0819. The number of H-pyrrole nitrogens is 1. The number of carboxylic acid groups (broad SMARTS) is 1. The highest BCUT2D eigenvalue weighted by molar-refractivity contribution is 6.37. The molecule has 2 aromatic rings. The Kier molecular flexibility index (Phi) is 1.70. The summed E-state index contributed by atoms with van der Waals surface area (Å²) in [6.07, 6.45) is 1.59. The van der Waals surface area contributed by atoms with Gasteiger partial charge in [-0.25, -0.2) is 4.79 Å². The van der Waals surface area contributed by atoms with E-state index in [4.69, 9.17) is 16.7 Å². The summed E-state index contributed by atoms with van der Waals surface area (Å²) < 4.78 is 0. The van der Waals surface area contributed by atoms with E-state index in [1.54, 1.807) is 12.3 Å². The number of halogens is 1. The van der Waals surface area contributed by atoms with Crippen LogP contribution >= 0.6 is 11.6 Å². The zero-order valence-corrected chi connectivity index (χ0v) is 7.17. The highest BCUT2D eigenvalue weighted by atomic mass is 35.5.